The lowest BCUT2D eigenvalue weighted by molar-refractivity contribution is 0.452. The van der Waals surface area contributed by atoms with Crippen LogP contribution in [0.1, 0.15) is 0 Å². The molecule has 0 saturated heterocycles. The van der Waals surface area contributed by atoms with Crippen LogP contribution in [0.2, 0.25) is 0 Å². The Morgan fingerprint density at radius 3 is 3.09 bits per heavy atom. The Labute approximate surface area is 62.2 Å². The number of fused-ring (bicyclic) bond motifs is 1. The lowest BCUT2D eigenvalue weighted by Crippen LogP contribution is -1.82. The Hall–Kier alpha value is -1.71. The van der Waals surface area contributed by atoms with Gasteiger partial charge in [-0.05, 0) is 12.1 Å². The van der Waals surface area contributed by atoms with E-state index in [4.69, 9.17) is 15.4 Å². The lowest BCUT2D eigenvalue weighted by Gasteiger charge is -1.88. The molecule has 4 heteroatoms. The zero-order valence-corrected chi connectivity index (χ0v) is 5.61. The number of nitrogens with two attached hydrogens (primary N) is 1. The van der Waals surface area contributed by atoms with E-state index in [9.17, 15) is 0 Å². The number of aromatic nitrogens is 1. The fraction of sp³-hybridized carbons (Fsp3) is 0. The number of benzene rings is 1. The molecule has 2 aromatic rings. The van der Waals surface area contributed by atoms with Gasteiger partial charge in [-0.2, -0.15) is 0 Å². The molecule has 0 aliphatic heterocycles. The number of phenolic OH excluding ortho intramolecular Hbond substituents is 1. The molecule has 56 valence electrons. The maximum Gasteiger partial charge on any atom is 0.174 e. The number of hydrogen-bond acceptors (Lipinski definition) is 4. The van der Waals surface area contributed by atoms with Crippen LogP contribution in [-0.2, 0) is 0 Å². The van der Waals surface area contributed by atoms with Crippen LogP contribution in [0.15, 0.2) is 22.7 Å². The van der Waals surface area contributed by atoms with Crippen LogP contribution in [0.25, 0.3) is 11.0 Å². The van der Waals surface area contributed by atoms with Gasteiger partial charge >= 0.3 is 0 Å². The van der Waals surface area contributed by atoms with Gasteiger partial charge in [0.05, 0.1) is 5.39 Å². The van der Waals surface area contributed by atoms with Gasteiger partial charge in [-0.25, -0.2) is 0 Å². The molecule has 1 aromatic heterocycles. The highest BCUT2D eigenvalue weighted by atomic mass is 16.5. The number of rotatable bonds is 0. The Balaban J connectivity index is 2.86. The van der Waals surface area contributed by atoms with Crippen molar-refractivity contribution >= 4 is 16.8 Å². The van der Waals surface area contributed by atoms with Gasteiger partial charge in [-0.3, -0.25) is 0 Å². The van der Waals surface area contributed by atoms with Crippen molar-refractivity contribution in [3.05, 3.63) is 18.2 Å². The molecule has 0 bridgehead atoms. The van der Waals surface area contributed by atoms with Crippen molar-refractivity contribution in [1.29, 1.82) is 0 Å². The van der Waals surface area contributed by atoms with Crippen LogP contribution in [0.4, 0.5) is 5.82 Å². The van der Waals surface area contributed by atoms with Crippen LogP contribution in [0, 0.1) is 0 Å². The smallest absolute Gasteiger partial charge is 0.174 e. The average Bonchev–Trinajstić information content (AvgIpc) is 2.32. The van der Waals surface area contributed by atoms with Crippen LogP contribution in [-0.4, -0.2) is 10.3 Å². The predicted octanol–water partition coefficient (Wildman–Crippen LogP) is 1.12. The van der Waals surface area contributed by atoms with E-state index in [2.05, 4.69) is 5.16 Å². The third-order valence-electron chi connectivity index (χ3n) is 1.48. The van der Waals surface area contributed by atoms with E-state index in [0.717, 1.165) is 5.39 Å². The Kier molecular flexibility index (Phi) is 1.03. The minimum absolute atomic E-state index is 0.147. The van der Waals surface area contributed by atoms with E-state index in [-0.39, 0.29) is 5.75 Å². The van der Waals surface area contributed by atoms with Crippen molar-refractivity contribution in [2.24, 2.45) is 0 Å². The Bertz CT molecular complexity index is 394. The van der Waals surface area contributed by atoms with Gasteiger partial charge in [0.1, 0.15) is 5.75 Å². The summed E-state index contributed by atoms with van der Waals surface area (Å²) in [6.07, 6.45) is 0. The fourth-order valence-electron chi connectivity index (χ4n) is 0.946. The fourth-order valence-corrected chi connectivity index (χ4v) is 0.946. The normalized spacial score (nSPS) is 10.5. The molecule has 11 heavy (non-hydrogen) atoms. The first-order valence-electron chi connectivity index (χ1n) is 3.11. The number of anilines is 1. The summed E-state index contributed by atoms with van der Waals surface area (Å²) in [5, 5.41) is 13.3. The largest absolute Gasteiger partial charge is 0.508 e. The average molecular weight is 150 g/mol. The molecule has 0 atom stereocenters. The van der Waals surface area contributed by atoms with Gasteiger partial charge in [-0.1, -0.05) is 5.16 Å². The highest BCUT2D eigenvalue weighted by molar-refractivity contribution is 5.87. The first-order valence-corrected chi connectivity index (χ1v) is 3.11. The molecule has 0 fully saturated rings. The SMILES string of the molecule is Nc1noc2cc(O)ccc12. The molecular formula is C7H6N2O2. The molecule has 0 unspecified atom stereocenters. The van der Waals surface area contributed by atoms with E-state index >= 15 is 0 Å². The number of phenols is 1. The molecule has 4 nitrogen and oxygen atoms in total. The van der Waals surface area contributed by atoms with Crippen molar-refractivity contribution in [3.63, 3.8) is 0 Å². The summed E-state index contributed by atoms with van der Waals surface area (Å²) >= 11 is 0. The minimum atomic E-state index is 0.147. The van der Waals surface area contributed by atoms with Gasteiger partial charge in [-0.15, -0.1) is 0 Å². The summed E-state index contributed by atoms with van der Waals surface area (Å²) in [5.41, 5.74) is 5.94. The van der Waals surface area contributed by atoms with E-state index in [1.54, 1.807) is 6.07 Å². The molecular weight excluding hydrogens is 144 g/mol. The van der Waals surface area contributed by atoms with Crippen LogP contribution >= 0.6 is 0 Å². The summed E-state index contributed by atoms with van der Waals surface area (Å²) in [6.45, 7) is 0. The molecule has 0 aliphatic rings. The van der Waals surface area contributed by atoms with E-state index in [1.165, 1.54) is 12.1 Å². The lowest BCUT2D eigenvalue weighted by atomic mass is 10.2. The van der Waals surface area contributed by atoms with Crippen LogP contribution in [0.5, 0.6) is 5.75 Å². The highest BCUT2D eigenvalue weighted by Gasteiger charge is 2.03. The monoisotopic (exact) mass is 150 g/mol. The number of nitrogens with zero attached hydrogens (tertiary/aromatic N) is 1. The van der Waals surface area contributed by atoms with Gasteiger partial charge < -0.3 is 15.4 Å². The summed E-state index contributed by atoms with van der Waals surface area (Å²) < 4.78 is 4.79. The highest BCUT2D eigenvalue weighted by Crippen LogP contribution is 2.23. The molecule has 0 radical (unpaired) electrons. The Morgan fingerprint density at radius 1 is 1.45 bits per heavy atom. The molecule has 3 N–H and O–H groups in total. The van der Waals surface area contributed by atoms with Crippen LogP contribution < -0.4 is 5.73 Å². The van der Waals surface area contributed by atoms with Gasteiger partial charge in [0.15, 0.2) is 11.4 Å². The van der Waals surface area contributed by atoms with Gasteiger partial charge in [0.2, 0.25) is 0 Å². The molecule has 0 amide bonds. The molecule has 1 aromatic carbocycles. The van der Waals surface area contributed by atoms with Gasteiger partial charge in [0, 0.05) is 6.07 Å². The van der Waals surface area contributed by atoms with E-state index < -0.39 is 0 Å². The topological polar surface area (TPSA) is 72.3 Å². The molecule has 0 saturated carbocycles. The summed E-state index contributed by atoms with van der Waals surface area (Å²) in [4.78, 5) is 0. The van der Waals surface area contributed by atoms with Crippen molar-refractivity contribution in [1.82, 2.24) is 5.16 Å². The third-order valence-corrected chi connectivity index (χ3v) is 1.48. The molecule has 1 heterocycles. The van der Waals surface area contributed by atoms with Crippen LogP contribution in [0.3, 0.4) is 0 Å². The maximum atomic E-state index is 9.01. The van der Waals surface area contributed by atoms with E-state index in [0.29, 0.717) is 11.4 Å². The first-order chi connectivity index (χ1) is 5.27. The number of hydrogen-bond donors (Lipinski definition) is 2. The predicted molar refractivity (Wildman–Crippen MR) is 40.1 cm³/mol. The van der Waals surface area contributed by atoms with Gasteiger partial charge in [0.25, 0.3) is 0 Å². The standard InChI is InChI=1S/C7H6N2O2/c8-7-5-2-1-4(10)3-6(5)11-9-7/h1-3,10H,(H2,8,9). The first kappa shape index (κ1) is 6.03. The second-order valence-corrected chi connectivity index (χ2v) is 2.25. The Morgan fingerprint density at radius 2 is 2.27 bits per heavy atom. The summed E-state index contributed by atoms with van der Waals surface area (Å²) in [7, 11) is 0. The summed E-state index contributed by atoms with van der Waals surface area (Å²) in [5.74, 6) is 0.494. The van der Waals surface area contributed by atoms with Crippen molar-refractivity contribution in [2.75, 3.05) is 5.73 Å². The second kappa shape index (κ2) is 1.88. The summed E-state index contributed by atoms with van der Waals surface area (Å²) in [6, 6.07) is 4.67. The second-order valence-electron chi connectivity index (χ2n) is 2.25. The van der Waals surface area contributed by atoms with Crippen molar-refractivity contribution < 1.29 is 9.63 Å². The minimum Gasteiger partial charge on any atom is -0.508 e. The zero-order valence-electron chi connectivity index (χ0n) is 5.61. The van der Waals surface area contributed by atoms with E-state index in [1.807, 2.05) is 0 Å². The van der Waals surface area contributed by atoms with Crippen molar-refractivity contribution in [3.8, 4) is 5.75 Å². The number of nitrogen functional groups attached to an aromatic ring is 1. The zero-order chi connectivity index (χ0) is 7.84. The number of aromatic hydroxyl groups is 1. The molecule has 0 spiro atoms. The maximum absolute atomic E-state index is 9.01. The quantitative estimate of drug-likeness (QED) is 0.590. The third kappa shape index (κ3) is 0.797. The molecule has 2 rings (SSSR count). The van der Waals surface area contributed by atoms with Crippen molar-refractivity contribution in [2.45, 2.75) is 0 Å². The molecule has 0 aliphatic carbocycles.